The number of halogens is 3. The molecule has 0 bridgehead atoms. The summed E-state index contributed by atoms with van der Waals surface area (Å²) in [4.78, 5) is 38.8. The van der Waals surface area contributed by atoms with Gasteiger partial charge in [-0.2, -0.15) is 13.2 Å². The summed E-state index contributed by atoms with van der Waals surface area (Å²) >= 11 is 0. The molecule has 1 aromatic rings. The molecule has 138 valence electrons. The van der Waals surface area contributed by atoms with Gasteiger partial charge in [0.1, 0.15) is 5.69 Å². The van der Waals surface area contributed by atoms with Crippen molar-refractivity contribution in [1.82, 2.24) is 4.98 Å². The van der Waals surface area contributed by atoms with E-state index in [2.05, 4.69) is 11.6 Å². The first kappa shape index (κ1) is 20.4. The lowest BCUT2D eigenvalue weighted by atomic mass is 10.2. The molecule has 1 aromatic heterocycles. The number of carbonyl (C=O) groups excluding carboxylic acids is 3. The van der Waals surface area contributed by atoms with E-state index >= 15 is 0 Å². The fraction of sp³-hybridized carbons (Fsp3) is 0.467. The highest BCUT2D eigenvalue weighted by Gasteiger charge is 2.47. The fourth-order valence-electron chi connectivity index (χ4n) is 1.91. The maximum absolute atomic E-state index is 12.8. The number of alkyl halides is 3. The summed E-state index contributed by atoms with van der Waals surface area (Å²) in [5, 5.41) is 0. The van der Waals surface area contributed by atoms with Gasteiger partial charge in [0, 0.05) is 19.8 Å². The zero-order valence-electron chi connectivity index (χ0n) is 13.7. The van der Waals surface area contributed by atoms with Crippen LogP contribution in [0.5, 0.6) is 0 Å². The van der Waals surface area contributed by atoms with E-state index in [0.29, 0.717) is 0 Å². The van der Waals surface area contributed by atoms with Crippen LogP contribution in [0, 0.1) is 6.92 Å². The minimum Gasteiger partial charge on any atom is -0.466 e. The minimum atomic E-state index is -5.30. The summed E-state index contributed by atoms with van der Waals surface area (Å²) in [5.74, 6) is -4.89. The Bertz CT molecular complexity index is 667. The molecule has 0 saturated carbocycles. The van der Waals surface area contributed by atoms with Gasteiger partial charge in [-0.25, -0.2) is 9.88 Å². The van der Waals surface area contributed by atoms with Crippen molar-refractivity contribution in [3.05, 3.63) is 24.2 Å². The van der Waals surface area contributed by atoms with Gasteiger partial charge in [-0.05, 0) is 6.92 Å². The molecule has 1 heterocycles. The number of hydrogen-bond donors (Lipinski definition) is 0. The van der Waals surface area contributed by atoms with Crippen molar-refractivity contribution in [2.45, 2.75) is 39.3 Å². The van der Waals surface area contributed by atoms with Gasteiger partial charge in [-0.3, -0.25) is 14.4 Å². The number of carbonyl (C=O) groups is 3. The van der Waals surface area contributed by atoms with Crippen molar-refractivity contribution < 1.29 is 36.7 Å². The maximum Gasteiger partial charge on any atom is 0.472 e. The highest BCUT2D eigenvalue weighted by molar-refractivity contribution is 6.16. The molecule has 0 aliphatic heterocycles. The van der Waals surface area contributed by atoms with Crippen LogP contribution in [0.25, 0.3) is 0 Å². The van der Waals surface area contributed by atoms with E-state index in [-0.39, 0.29) is 35.9 Å². The van der Waals surface area contributed by atoms with Crippen LogP contribution in [0.4, 0.5) is 19.1 Å². The SMILES string of the molecule is C=CCC(=O)N(C(=O)C(F)(F)F)c1oc(C)nc1CCC(=O)OCC. The largest absolute Gasteiger partial charge is 0.472 e. The maximum atomic E-state index is 12.8. The summed E-state index contributed by atoms with van der Waals surface area (Å²) in [6.07, 6.45) is -5.11. The number of esters is 1. The average molecular weight is 362 g/mol. The molecule has 2 amide bonds. The third-order valence-corrected chi connectivity index (χ3v) is 2.87. The zero-order valence-corrected chi connectivity index (χ0v) is 13.7. The molecular weight excluding hydrogens is 345 g/mol. The van der Waals surface area contributed by atoms with Gasteiger partial charge in [0.05, 0.1) is 13.0 Å². The van der Waals surface area contributed by atoms with Crippen LogP contribution >= 0.6 is 0 Å². The highest BCUT2D eigenvalue weighted by atomic mass is 19.4. The second-order valence-corrected chi connectivity index (χ2v) is 4.81. The molecule has 25 heavy (non-hydrogen) atoms. The summed E-state index contributed by atoms with van der Waals surface area (Å²) in [5.41, 5.74) is -0.124. The number of oxazole rings is 1. The first-order valence-electron chi connectivity index (χ1n) is 7.28. The summed E-state index contributed by atoms with van der Waals surface area (Å²) < 4.78 is 48.3. The number of ether oxygens (including phenoxy) is 1. The molecular formula is C15H17F3N2O5. The molecule has 0 aromatic carbocycles. The molecule has 0 spiro atoms. The first-order chi connectivity index (χ1) is 11.6. The number of nitrogens with zero attached hydrogens (tertiary/aromatic N) is 2. The van der Waals surface area contributed by atoms with Crippen molar-refractivity contribution in [1.29, 1.82) is 0 Å². The molecule has 0 fully saturated rings. The highest BCUT2D eigenvalue weighted by Crippen LogP contribution is 2.29. The number of rotatable bonds is 7. The Balaban J connectivity index is 3.21. The monoisotopic (exact) mass is 362 g/mol. The Morgan fingerprint density at radius 2 is 2.00 bits per heavy atom. The predicted molar refractivity (Wildman–Crippen MR) is 79.6 cm³/mol. The molecule has 10 heteroatoms. The Labute approximate surface area is 141 Å². The van der Waals surface area contributed by atoms with Crippen molar-refractivity contribution in [3.8, 4) is 0 Å². The van der Waals surface area contributed by atoms with Gasteiger partial charge >= 0.3 is 18.1 Å². The van der Waals surface area contributed by atoms with E-state index in [1.807, 2.05) is 0 Å². The first-order valence-corrected chi connectivity index (χ1v) is 7.28. The van der Waals surface area contributed by atoms with Crippen LogP contribution in [0.3, 0.4) is 0 Å². The van der Waals surface area contributed by atoms with Gasteiger partial charge in [-0.1, -0.05) is 6.08 Å². The van der Waals surface area contributed by atoms with Crippen molar-refractivity contribution in [2.24, 2.45) is 0 Å². The van der Waals surface area contributed by atoms with Crippen LogP contribution < -0.4 is 4.90 Å². The van der Waals surface area contributed by atoms with Crippen LogP contribution in [0.1, 0.15) is 31.4 Å². The van der Waals surface area contributed by atoms with Gasteiger partial charge in [-0.15, -0.1) is 6.58 Å². The number of hydrogen-bond acceptors (Lipinski definition) is 6. The Kier molecular flexibility index (Phi) is 6.89. The quantitative estimate of drug-likeness (QED) is 0.547. The van der Waals surface area contributed by atoms with Gasteiger partial charge in [0.15, 0.2) is 5.89 Å². The van der Waals surface area contributed by atoms with Gasteiger partial charge in [0.25, 0.3) is 0 Å². The normalized spacial score (nSPS) is 11.1. The average Bonchev–Trinajstić information content (AvgIpc) is 2.85. The van der Waals surface area contributed by atoms with Crippen LogP contribution in [0.15, 0.2) is 17.1 Å². The lowest BCUT2D eigenvalue weighted by Gasteiger charge is -2.19. The smallest absolute Gasteiger partial charge is 0.466 e. The standard InChI is InChI=1S/C15H17F3N2O5/c1-4-6-11(21)20(14(23)15(16,17)18)13-10(19-9(3)25-13)7-8-12(22)24-5-2/h4H,1,5-8H2,2-3H3. The summed E-state index contributed by atoms with van der Waals surface area (Å²) in [6.45, 7) is 6.33. The van der Waals surface area contributed by atoms with Gasteiger partial charge in [0.2, 0.25) is 11.8 Å². The van der Waals surface area contributed by atoms with Gasteiger partial charge < -0.3 is 9.15 Å². The van der Waals surface area contributed by atoms with E-state index < -0.39 is 36.3 Å². The number of imide groups is 1. The number of aryl methyl sites for hydroxylation is 2. The van der Waals surface area contributed by atoms with Crippen LogP contribution in [0.2, 0.25) is 0 Å². The molecule has 0 atom stereocenters. The topological polar surface area (TPSA) is 89.7 Å². The molecule has 0 radical (unpaired) electrons. The fourth-order valence-corrected chi connectivity index (χ4v) is 1.91. The van der Waals surface area contributed by atoms with E-state index in [0.717, 1.165) is 6.08 Å². The molecule has 0 saturated heterocycles. The third-order valence-electron chi connectivity index (χ3n) is 2.87. The third kappa shape index (κ3) is 5.44. The molecule has 0 aliphatic rings. The Morgan fingerprint density at radius 3 is 2.52 bits per heavy atom. The zero-order chi connectivity index (χ0) is 19.2. The Morgan fingerprint density at radius 1 is 1.36 bits per heavy atom. The van der Waals surface area contributed by atoms with E-state index in [1.165, 1.54) is 6.92 Å². The van der Waals surface area contributed by atoms with E-state index in [4.69, 9.17) is 9.15 Å². The van der Waals surface area contributed by atoms with Crippen molar-refractivity contribution in [3.63, 3.8) is 0 Å². The lowest BCUT2D eigenvalue weighted by Crippen LogP contribution is -2.45. The number of amides is 2. The summed E-state index contributed by atoms with van der Waals surface area (Å²) in [6, 6.07) is 0. The second kappa shape index (κ2) is 8.45. The second-order valence-electron chi connectivity index (χ2n) is 4.81. The minimum absolute atomic E-state index is 0.0553. The number of anilines is 1. The molecule has 7 nitrogen and oxygen atoms in total. The molecule has 0 unspecified atom stereocenters. The Hall–Kier alpha value is -2.65. The van der Waals surface area contributed by atoms with Crippen LogP contribution in [-0.4, -0.2) is 35.6 Å². The lowest BCUT2D eigenvalue weighted by molar-refractivity contribution is -0.171. The van der Waals surface area contributed by atoms with E-state index in [1.54, 1.807) is 6.92 Å². The van der Waals surface area contributed by atoms with Crippen molar-refractivity contribution in [2.75, 3.05) is 11.5 Å². The predicted octanol–water partition coefficient (Wildman–Crippen LogP) is 2.48. The summed E-state index contributed by atoms with van der Waals surface area (Å²) in [7, 11) is 0. The molecule has 0 aliphatic carbocycles. The van der Waals surface area contributed by atoms with E-state index in [9.17, 15) is 27.6 Å². The van der Waals surface area contributed by atoms with Crippen molar-refractivity contribution >= 4 is 23.7 Å². The van der Waals surface area contributed by atoms with Crippen LogP contribution in [-0.2, 0) is 25.5 Å². The molecule has 1 rings (SSSR count). The molecule has 0 N–H and O–H groups in total. The number of aromatic nitrogens is 1.